The van der Waals surface area contributed by atoms with Crippen molar-refractivity contribution < 1.29 is 4.79 Å². The highest BCUT2D eigenvalue weighted by molar-refractivity contribution is 7.99. The lowest BCUT2D eigenvalue weighted by Gasteiger charge is -2.07. The second-order valence-corrected chi connectivity index (χ2v) is 5.97. The van der Waals surface area contributed by atoms with Crippen LogP contribution in [-0.4, -0.2) is 26.5 Å². The van der Waals surface area contributed by atoms with E-state index in [4.69, 9.17) is 5.84 Å². The molecule has 0 spiro atoms. The standard InChI is InChI=1S/C15H21N5OS/c1-3-4-9-13-18-19-15(20(13)16)22-10-14(21)17-12-8-6-5-7-11(12)2/h5-8H,3-4,9-10,16H2,1-2H3,(H,17,21). The lowest BCUT2D eigenvalue weighted by atomic mass is 10.2. The van der Waals surface area contributed by atoms with Gasteiger partial charge in [-0.15, -0.1) is 10.2 Å². The molecule has 0 saturated heterocycles. The van der Waals surface area contributed by atoms with E-state index in [1.807, 2.05) is 31.2 Å². The van der Waals surface area contributed by atoms with Crippen molar-refractivity contribution in [2.75, 3.05) is 16.9 Å². The third-order valence-corrected chi connectivity index (χ3v) is 4.18. The molecule has 1 heterocycles. The van der Waals surface area contributed by atoms with Gasteiger partial charge in [-0.2, -0.15) is 0 Å². The summed E-state index contributed by atoms with van der Waals surface area (Å²) in [4.78, 5) is 12.0. The normalized spacial score (nSPS) is 10.6. The Balaban J connectivity index is 1.89. The molecule has 0 aliphatic carbocycles. The molecule has 0 saturated carbocycles. The van der Waals surface area contributed by atoms with Gasteiger partial charge in [0.25, 0.3) is 0 Å². The maximum atomic E-state index is 12.0. The number of aromatic nitrogens is 3. The number of carbonyl (C=O) groups excluding carboxylic acids is 1. The van der Waals surface area contributed by atoms with E-state index in [-0.39, 0.29) is 11.7 Å². The van der Waals surface area contributed by atoms with Crippen LogP contribution < -0.4 is 11.2 Å². The molecule has 2 rings (SSSR count). The second kappa shape index (κ2) is 7.84. The van der Waals surface area contributed by atoms with Crippen LogP contribution in [0.5, 0.6) is 0 Å². The van der Waals surface area contributed by atoms with Gasteiger partial charge >= 0.3 is 0 Å². The highest BCUT2D eigenvalue weighted by Gasteiger charge is 2.12. The van der Waals surface area contributed by atoms with Crippen LogP contribution >= 0.6 is 11.8 Å². The molecule has 0 radical (unpaired) electrons. The highest BCUT2D eigenvalue weighted by atomic mass is 32.2. The first kappa shape index (κ1) is 16.4. The predicted octanol–water partition coefficient (Wildman–Crippen LogP) is 2.37. The molecular weight excluding hydrogens is 298 g/mol. The van der Waals surface area contributed by atoms with Crippen LogP contribution in [0.2, 0.25) is 0 Å². The number of para-hydroxylation sites is 1. The fourth-order valence-electron chi connectivity index (χ4n) is 1.94. The first-order valence-corrected chi connectivity index (χ1v) is 8.28. The molecule has 0 bridgehead atoms. The van der Waals surface area contributed by atoms with Crippen molar-refractivity contribution in [3.63, 3.8) is 0 Å². The summed E-state index contributed by atoms with van der Waals surface area (Å²) in [7, 11) is 0. The summed E-state index contributed by atoms with van der Waals surface area (Å²) in [5.74, 6) is 6.86. The number of nitrogens with one attached hydrogen (secondary N) is 1. The van der Waals surface area contributed by atoms with E-state index in [1.54, 1.807) is 0 Å². The third kappa shape index (κ3) is 4.24. The lowest BCUT2D eigenvalue weighted by molar-refractivity contribution is -0.113. The van der Waals surface area contributed by atoms with Gasteiger partial charge in [-0.25, -0.2) is 4.68 Å². The SMILES string of the molecule is CCCCc1nnc(SCC(=O)Nc2ccccc2C)n1N. The zero-order chi connectivity index (χ0) is 15.9. The molecule has 118 valence electrons. The van der Waals surface area contributed by atoms with Crippen LogP contribution in [-0.2, 0) is 11.2 Å². The number of nitrogens with two attached hydrogens (primary N) is 1. The van der Waals surface area contributed by atoms with Gasteiger partial charge < -0.3 is 11.2 Å². The number of aryl methyl sites for hydroxylation is 2. The summed E-state index contributed by atoms with van der Waals surface area (Å²) in [5, 5.41) is 11.5. The number of amides is 1. The van der Waals surface area contributed by atoms with Crippen molar-refractivity contribution in [1.29, 1.82) is 0 Å². The summed E-state index contributed by atoms with van der Waals surface area (Å²) in [6.07, 6.45) is 2.90. The van der Waals surface area contributed by atoms with Crippen LogP contribution in [0, 0.1) is 6.92 Å². The van der Waals surface area contributed by atoms with Gasteiger partial charge in [0.05, 0.1) is 5.75 Å². The monoisotopic (exact) mass is 319 g/mol. The molecule has 0 aliphatic heterocycles. The topological polar surface area (TPSA) is 85.8 Å². The summed E-state index contributed by atoms with van der Waals surface area (Å²) in [6, 6.07) is 7.67. The first-order valence-electron chi connectivity index (χ1n) is 7.29. The number of unbranched alkanes of at least 4 members (excludes halogenated alkanes) is 1. The number of hydrogen-bond donors (Lipinski definition) is 2. The Labute approximate surface area is 134 Å². The van der Waals surface area contributed by atoms with E-state index >= 15 is 0 Å². The van der Waals surface area contributed by atoms with Crippen molar-refractivity contribution in [2.45, 2.75) is 38.3 Å². The Hall–Kier alpha value is -2.02. The number of rotatable bonds is 7. The summed E-state index contributed by atoms with van der Waals surface area (Å²) in [5.41, 5.74) is 1.86. The lowest BCUT2D eigenvalue weighted by Crippen LogP contribution is -2.17. The van der Waals surface area contributed by atoms with Crippen molar-refractivity contribution in [2.24, 2.45) is 0 Å². The van der Waals surface area contributed by atoms with Gasteiger partial charge in [-0.1, -0.05) is 43.3 Å². The van der Waals surface area contributed by atoms with Crippen LogP contribution in [0.3, 0.4) is 0 Å². The quantitative estimate of drug-likeness (QED) is 0.604. The first-order chi connectivity index (χ1) is 10.6. The number of benzene rings is 1. The minimum absolute atomic E-state index is 0.0857. The maximum absolute atomic E-state index is 12.0. The van der Waals surface area contributed by atoms with Crippen LogP contribution in [0.1, 0.15) is 31.2 Å². The summed E-state index contributed by atoms with van der Waals surface area (Å²) in [6.45, 7) is 4.07. The smallest absolute Gasteiger partial charge is 0.234 e. The number of hydrogen-bond acceptors (Lipinski definition) is 5. The third-order valence-electron chi connectivity index (χ3n) is 3.24. The van der Waals surface area contributed by atoms with Crippen molar-refractivity contribution >= 4 is 23.4 Å². The number of carbonyl (C=O) groups is 1. The predicted molar refractivity (Wildman–Crippen MR) is 89.3 cm³/mol. The molecule has 1 amide bonds. The van der Waals surface area contributed by atoms with Gasteiger partial charge in [-0.3, -0.25) is 4.79 Å². The zero-order valence-electron chi connectivity index (χ0n) is 12.9. The zero-order valence-corrected chi connectivity index (χ0v) is 13.7. The molecule has 2 aromatic rings. The van der Waals surface area contributed by atoms with E-state index in [2.05, 4.69) is 22.4 Å². The van der Waals surface area contributed by atoms with Crippen LogP contribution in [0.4, 0.5) is 5.69 Å². The molecule has 0 aliphatic rings. The van der Waals surface area contributed by atoms with Crippen molar-refractivity contribution in [3.05, 3.63) is 35.7 Å². The summed E-state index contributed by atoms with van der Waals surface area (Å²) < 4.78 is 1.47. The average molecular weight is 319 g/mol. The van der Waals surface area contributed by atoms with Gasteiger partial charge in [0.15, 0.2) is 5.82 Å². The van der Waals surface area contributed by atoms with Crippen LogP contribution in [0.25, 0.3) is 0 Å². The minimum atomic E-state index is -0.0857. The molecule has 0 atom stereocenters. The van der Waals surface area contributed by atoms with Crippen molar-refractivity contribution in [1.82, 2.24) is 14.9 Å². The maximum Gasteiger partial charge on any atom is 0.234 e. The van der Waals surface area contributed by atoms with E-state index in [0.717, 1.165) is 36.3 Å². The minimum Gasteiger partial charge on any atom is -0.336 e. The molecule has 3 N–H and O–H groups in total. The molecule has 0 fully saturated rings. The van der Waals surface area contributed by atoms with E-state index in [0.29, 0.717) is 5.16 Å². The van der Waals surface area contributed by atoms with Crippen LogP contribution in [0.15, 0.2) is 29.4 Å². The Bertz CT molecular complexity index is 641. The Kier molecular flexibility index (Phi) is 5.83. The average Bonchev–Trinajstić information content (AvgIpc) is 2.86. The molecule has 22 heavy (non-hydrogen) atoms. The summed E-state index contributed by atoms with van der Waals surface area (Å²) >= 11 is 1.29. The largest absolute Gasteiger partial charge is 0.336 e. The van der Waals surface area contributed by atoms with Crippen molar-refractivity contribution in [3.8, 4) is 0 Å². The highest BCUT2D eigenvalue weighted by Crippen LogP contribution is 2.17. The molecule has 0 unspecified atom stereocenters. The molecular formula is C15H21N5OS. The number of nitrogens with zero attached hydrogens (tertiary/aromatic N) is 3. The van der Waals surface area contributed by atoms with E-state index in [9.17, 15) is 4.79 Å². The van der Waals surface area contributed by atoms with Gasteiger partial charge in [-0.05, 0) is 25.0 Å². The second-order valence-electron chi connectivity index (χ2n) is 5.02. The van der Waals surface area contributed by atoms with E-state index in [1.165, 1.54) is 16.4 Å². The number of nitrogen functional groups attached to an aromatic ring is 1. The van der Waals surface area contributed by atoms with Gasteiger partial charge in [0.2, 0.25) is 11.1 Å². The van der Waals surface area contributed by atoms with Gasteiger partial charge in [0.1, 0.15) is 0 Å². The molecule has 1 aromatic carbocycles. The number of thioether (sulfide) groups is 1. The fraction of sp³-hybridized carbons (Fsp3) is 0.400. The Morgan fingerprint density at radius 1 is 1.36 bits per heavy atom. The molecule has 1 aromatic heterocycles. The molecule has 7 heteroatoms. The Morgan fingerprint density at radius 3 is 2.86 bits per heavy atom. The van der Waals surface area contributed by atoms with Gasteiger partial charge in [0, 0.05) is 12.1 Å². The molecule has 6 nitrogen and oxygen atoms in total. The Morgan fingerprint density at radius 2 is 2.14 bits per heavy atom. The number of anilines is 1. The van der Waals surface area contributed by atoms with E-state index < -0.39 is 0 Å². The fourth-order valence-corrected chi connectivity index (χ4v) is 2.62.